The lowest BCUT2D eigenvalue weighted by molar-refractivity contribution is 0.362. The van der Waals surface area contributed by atoms with E-state index >= 15 is 0 Å². The maximum atomic E-state index is 11.8. The van der Waals surface area contributed by atoms with Crippen LogP contribution in [-0.2, 0) is 10.0 Å². The van der Waals surface area contributed by atoms with Gasteiger partial charge < -0.3 is 0 Å². The molecule has 0 bridgehead atoms. The molecule has 1 unspecified atom stereocenters. The fourth-order valence-corrected chi connectivity index (χ4v) is 3.82. The van der Waals surface area contributed by atoms with Crippen LogP contribution in [0.5, 0.6) is 0 Å². The van der Waals surface area contributed by atoms with E-state index in [-0.39, 0.29) is 11.9 Å². The van der Waals surface area contributed by atoms with Crippen LogP contribution in [0.1, 0.15) is 12.0 Å². The maximum absolute atomic E-state index is 11.8. The van der Waals surface area contributed by atoms with Crippen molar-refractivity contribution in [2.24, 2.45) is 0 Å². The Balaban J connectivity index is 1.90. The third-order valence-corrected chi connectivity index (χ3v) is 5.01. The molecule has 2 heterocycles. The summed E-state index contributed by atoms with van der Waals surface area (Å²) in [6.07, 6.45) is 4.13. The summed E-state index contributed by atoms with van der Waals surface area (Å²) in [5.74, 6) is 0.245. The van der Waals surface area contributed by atoms with Gasteiger partial charge in [-0.25, -0.2) is 8.42 Å². The molecule has 1 fully saturated rings. The summed E-state index contributed by atoms with van der Waals surface area (Å²) in [7, 11) is -3.10. The average molecular weight is 249 g/mol. The van der Waals surface area contributed by atoms with Gasteiger partial charge in [0.1, 0.15) is 6.17 Å². The quantitative estimate of drug-likeness (QED) is 0.753. The van der Waals surface area contributed by atoms with Crippen molar-refractivity contribution >= 4 is 21.8 Å². The van der Waals surface area contributed by atoms with Crippen molar-refractivity contribution in [3.05, 3.63) is 35.9 Å². The number of fused-ring (bicyclic) bond motifs is 1. The lowest BCUT2D eigenvalue weighted by Gasteiger charge is -2.26. The molecule has 89 valence electrons. The number of sulfonamides is 1. The first kappa shape index (κ1) is 10.8. The Bertz CT molecular complexity index is 566. The molecule has 0 amide bonds. The average Bonchev–Trinajstić information content (AvgIpc) is 2.68. The molecule has 0 aromatic heterocycles. The van der Waals surface area contributed by atoms with Gasteiger partial charge in [-0.15, -0.1) is 0 Å². The monoisotopic (exact) mass is 249 g/mol. The molecule has 17 heavy (non-hydrogen) atoms. The highest BCUT2D eigenvalue weighted by atomic mass is 32.2. The Hall–Kier alpha value is -1.33. The minimum Gasteiger partial charge on any atom is -0.260 e. The SMILES string of the molecule is O=S1(=O)CCCN1C1C=Cc2ccccc2[N]1. The summed E-state index contributed by atoms with van der Waals surface area (Å²) in [4.78, 5) is 0. The molecule has 3 rings (SSSR count). The van der Waals surface area contributed by atoms with E-state index in [1.54, 1.807) is 0 Å². The van der Waals surface area contributed by atoms with Crippen molar-refractivity contribution < 1.29 is 8.42 Å². The Kier molecular flexibility index (Phi) is 2.45. The predicted molar refractivity (Wildman–Crippen MR) is 66.2 cm³/mol. The first-order valence-electron chi connectivity index (χ1n) is 5.64. The zero-order valence-corrected chi connectivity index (χ0v) is 10.1. The van der Waals surface area contributed by atoms with Gasteiger partial charge in [0.2, 0.25) is 10.0 Å². The highest BCUT2D eigenvalue weighted by Crippen LogP contribution is 2.27. The Morgan fingerprint density at radius 1 is 1.29 bits per heavy atom. The number of hydrogen-bond acceptors (Lipinski definition) is 2. The molecule has 0 aliphatic carbocycles. The molecule has 2 aliphatic rings. The number of nitrogens with zero attached hydrogens (tertiary/aromatic N) is 2. The van der Waals surface area contributed by atoms with E-state index in [4.69, 9.17) is 0 Å². The zero-order chi connectivity index (χ0) is 11.9. The molecule has 5 heteroatoms. The molecule has 4 nitrogen and oxygen atoms in total. The number of benzene rings is 1. The Morgan fingerprint density at radius 2 is 2.12 bits per heavy atom. The van der Waals surface area contributed by atoms with Crippen LogP contribution in [0.3, 0.4) is 0 Å². The molecule has 1 atom stereocenters. The van der Waals surface area contributed by atoms with E-state index in [0.29, 0.717) is 13.0 Å². The van der Waals surface area contributed by atoms with Crippen molar-refractivity contribution in [3.63, 3.8) is 0 Å². The second-order valence-corrected chi connectivity index (χ2v) is 6.28. The number of hydrogen-bond donors (Lipinski definition) is 0. The number of rotatable bonds is 1. The standard InChI is InChI=1S/C12H13N2O2S/c15-17(16)9-3-8-14(17)12-7-6-10-4-1-2-5-11(10)13-12/h1-2,4-7,12H,3,8-9H2. The molecule has 0 saturated carbocycles. The smallest absolute Gasteiger partial charge is 0.216 e. The maximum Gasteiger partial charge on any atom is 0.216 e. The third-order valence-electron chi connectivity index (χ3n) is 3.09. The van der Waals surface area contributed by atoms with Crippen LogP contribution < -0.4 is 5.32 Å². The molecular weight excluding hydrogens is 236 g/mol. The van der Waals surface area contributed by atoms with Crippen molar-refractivity contribution in [3.8, 4) is 0 Å². The van der Waals surface area contributed by atoms with E-state index in [1.165, 1.54) is 4.31 Å². The van der Waals surface area contributed by atoms with Gasteiger partial charge in [-0.05, 0) is 24.1 Å². The summed E-state index contributed by atoms with van der Waals surface area (Å²) < 4.78 is 25.1. The van der Waals surface area contributed by atoms with E-state index in [9.17, 15) is 8.42 Å². The number of para-hydroxylation sites is 1. The van der Waals surface area contributed by atoms with Crippen LogP contribution in [0, 0.1) is 0 Å². The van der Waals surface area contributed by atoms with Crippen molar-refractivity contribution in [1.29, 1.82) is 0 Å². The largest absolute Gasteiger partial charge is 0.260 e. The minimum atomic E-state index is -3.10. The highest BCUT2D eigenvalue weighted by molar-refractivity contribution is 7.89. The van der Waals surface area contributed by atoms with Crippen LogP contribution in [0.25, 0.3) is 6.08 Å². The summed E-state index contributed by atoms with van der Waals surface area (Å²) in [5.41, 5.74) is 1.91. The van der Waals surface area contributed by atoms with Crippen LogP contribution in [0.2, 0.25) is 0 Å². The predicted octanol–water partition coefficient (Wildman–Crippen LogP) is 1.31. The first-order valence-corrected chi connectivity index (χ1v) is 7.25. The van der Waals surface area contributed by atoms with E-state index in [2.05, 4.69) is 5.32 Å². The van der Waals surface area contributed by atoms with Crippen LogP contribution >= 0.6 is 0 Å². The summed E-state index contributed by atoms with van der Waals surface area (Å²) in [5, 5.41) is 4.48. The van der Waals surface area contributed by atoms with Gasteiger partial charge in [0.25, 0.3) is 0 Å². The Morgan fingerprint density at radius 3 is 2.88 bits per heavy atom. The Labute approximate surface area is 101 Å². The van der Waals surface area contributed by atoms with E-state index in [0.717, 1.165) is 11.3 Å². The molecule has 2 aliphatic heterocycles. The first-order chi connectivity index (χ1) is 8.17. The third kappa shape index (κ3) is 1.85. The van der Waals surface area contributed by atoms with Crippen molar-refractivity contribution in [2.75, 3.05) is 12.3 Å². The van der Waals surface area contributed by atoms with Gasteiger partial charge >= 0.3 is 0 Å². The second kappa shape index (κ2) is 3.85. The molecule has 1 aromatic carbocycles. The fourth-order valence-electron chi connectivity index (χ4n) is 2.24. The van der Waals surface area contributed by atoms with Crippen molar-refractivity contribution in [2.45, 2.75) is 12.6 Å². The zero-order valence-electron chi connectivity index (χ0n) is 9.28. The van der Waals surface area contributed by atoms with Crippen molar-refractivity contribution in [1.82, 2.24) is 9.62 Å². The topological polar surface area (TPSA) is 51.5 Å². The van der Waals surface area contributed by atoms with Gasteiger partial charge in [0, 0.05) is 6.54 Å². The molecule has 0 N–H and O–H groups in total. The molecule has 1 saturated heterocycles. The van der Waals surface area contributed by atoms with Gasteiger partial charge in [0.15, 0.2) is 0 Å². The summed E-state index contributed by atoms with van der Waals surface area (Å²) >= 11 is 0. The minimum absolute atomic E-state index is 0.245. The summed E-state index contributed by atoms with van der Waals surface area (Å²) in [6, 6.07) is 7.75. The van der Waals surface area contributed by atoms with Gasteiger partial charge in [0.05, 0.1) is 11.4 Å². The molecule has 0 spiro atoms. The van der Waals surface area contributed by atoms with E-state index < -0.39 is 10.0 Å². The van der Waals surface area contributed by atoms with Crippen LogP contribution in [0.15, 0.2) is 30.3 Å². The molecule has 1 aromatic rings. The fraction of sp³-hybridized carbons (Fsp3) is 0.333. The highest BCUT2D eigenvalue weighted by Gasteiger charge is 2.35. The second-order valence-electron chi connectivity index (χ2n) is 4.24. The molecule has 1 radical (unpaired) electrons. The molecular formula is C12H13N2O2S. The van der Waals surface area contributed by atoms with Crippen LogP contribution in [-0.4, -0.2) is 31.2 Å². The van der Waals surface area contributed by atoms with Gasteiger partial charge in [-0.2, -0.15) is 4.31 Å². The van der Waals surface area contributed by atoms with E-state index in [1.807, 2.05) is 36.4 Å². The normalized spacial score (nSPS) is 26.5. The summed E-state index contributed by atoms with van der Waals surface area (Å²) in [6.45, 7) is 0.572. The lowest BCUT2D eigenvalue weighted by Crippen LogP contribution is -2.41. The lowest BCUT2D eigenvalue weighted by atomic mass is 10.1. The van der Waals surface area contributed by atoms with Gasteiger partial charge in [-0.3, -0.25) is 5.32 Å². The van der Waals surface area contributed by atoms with Crippen LogP contribution in [0.4, 0.5) is 5.69 Å². The van der Waals surface area contributed by atoms with Gasteiger partial charge in [-0.1, -0.05) is 24.3 Å².